The fourth-order valence-electron chi connectivity index (χ4n) is 3.92. The number of aryl methyl sites for hydroxylation is 1. The Hall–Kier alpha value is -3.40. The number of carbonyl (C=O) groups excluding carboxylic acids is 2. The van der Waals surface area contributed by atoms with Gasteiger partial charge >= 0.3 is 6.18 Å². The van der Waals surface area contributed by atoms with Gasteiger partial charge in [0.05, 0.1) is 17.6 Å². The molecule has 0 radical (unpaired) electrons. The van der Waals surface area contributed by atoms with Crippen molar-refractivity contribution in [1.29, 1.82) is 0 Å². The van der Waals surface area contributed by atoms with Crippen molar-refractivity contribution in [1.82, 2.24) is 19.8 Å². The molecule has 10 heteroatoms. The van der Waals surface area contributed by atoms with Crippen LogP contribution in [0.3, 0.4) is 0 Å². The Kier molecular flexibility index (Phi) is 6.37. The maximum atomic E-state index is 12.8. The lowest BCUT2D eigenvalue weighted by molar-refractivity contribution is -0.144. The predicted octanol–water partition coefficient (Wildman–Crippen LogP) is 3.68. The molecule has 1 saturated heterocycles. The number of alkyl halides is 3. The summed E-state index contributed by atoms with van der Waals surface area (Å²) in [5.74, 6) is -1.37. The van der Waals surface area contributed by atoms with Gasteiger partial charge in [-0.2, -0.15) is 13.2 Å². The lowest BCUT2D eigenvalue weighted by Crippen LogP contribution is -2.38. The predicted molar refractivity (Wildman–Crippen MR) is 118 cm³/mol. The van der Waals surface area contributed by atoms with Crippen LogP contribution in [-0.4, -0.2) is 64.3 Å². The second-order valence-electron chi connectivity index (χ2n) is 8.15. The average molecular weight is 459 g/mol. The number of rotatable bonds is 4. The highest BCUT2D eigenvalue weighted by molar-refractivity contribution is 5.95. The van der Waals surface area contributed by atoms with Crippen LogP contribution in [0.15, 0.2) is 42.5 Å². The van der Waals surface area contributed by atoms with Gasteiger partial charge in [-0.05, 0) is 43.7 Å². The van der Waals surface area contributed by atoms with Crippen LogP contribution in [-0.2, 0) is 11.0 Å². The molecule has 2 aromatic carbocycles. The number of nitrogens with zero attached hydrogens (tertiary/aromatic N) is 3. The summed E-state index contributed by atoms with van der Waals surface area (Å²) in [5, 5.41) is 2.73. The van der Waals surface area contributed by atoms with Crippen molar-refractivity contribution in [2.75, 3.05) is 38.0 Å². The maximum Gasteiger partial charge on any atom is 0.449 e. The van der Waals surface area contributed by atoms with E-state index < -0.39 is 12.0 Å². The fraction of sp³-hybridized carbons (Fsp3) is 0.348. The first-order chi connectivity index (χ1) is 15.7. The van der Waals surface area contributed by atoms with E-state index in [0.717, 1.165) is 12.0 Å². The Morgan fingerprint density at radius 3 is 2.67 bits per heavy atom. The Morgan fingerprint density at radius 1 is 1.09 bits per heavy atom. The molecule has 4 rings (SSSR count). The van der Waals surface area contributed by atoms with Crippen molar-refractivity contribution in [2.24, 2.45) is 0 Å². The van der Waals surface area contributed by atoms with Gasteiger partial charge in [0.1, 0.15) is 0 Å². The van der Waals surface area contributed by atoms with E-state index in [2.05, 4.69) is 15.3 Å². The highest BCUT2D eigenvalue weighted by Gasteiger charge is 2.34. The number of fused-ring (bicyclic) bond motifs is 1. The number of hydrogen-bond donors (Lipinski definition) is 2. The van der Waals surface area contributed by atoms with E-state index in [1.54, 1.807) is 11.0 Å². The third-order valence-electron chi connectivity index (χ3n) is 5.54. The molecule has 0 aliphatic carbocycles. The molecule has 3 aromatic rings. The van der Waals surface area contributed by atoms with Gasteiger partial charge in [0.2, 0.25) is 11.7 Å². The van der Waals surface area contributed by atoms with Crippen molar-refractivity contribution in [2.45, 2.75) is 19.5 Å². The Balaban J connectivity index is 1.34. The van der Waals surface area contributed by atoms with E-state index in [4.69, 9.17) is 0 Å². The van der Waals surface area contributed by atoms with Gasteiger partial charge in [0, 0.05) is 37.4 Å². The van der Waals surface area contributed by atoms with E-state index in [9.17, 15) is 22.8 Å². The van der Waals surface area contributed by atoms with Crippen LogP contribution in [0.5, 0.6) is 0 Å². The third-order valence-corrected chi connectivity index (χ3v) is 5.54. The minimum Gasteiger partial charge on any atom is -0.337 e. The topological polar surface area (TPSA) is 81.3 Å². The van der Waals surface area contributed by atoms with Crippen molar-refractivity contribution in [3.63, 3.8) is 0 Å². The number of aromatic amines is 1. The quantitative estimate of drug-likeness (QED) is 0.624. The summed E-state index contributed by atoms with van der Waals surface area (Å²) in [5.41, 5.74) is 2.43. The third kappa shape index (κ3) is 5.51. The maximum absolute atomic E-state index is 12.8. The van der Waals surface area contributed by atoms with Gasteiger partial charge in [-0.25, -0.2) is 4.98 Å². The number of imidazole rings is 1. The minimum absolute atomic E-state index is 0.0175. The fourth-order valence-corrected chi connectivity index (χ4v) is 3.92. The number of aromatic nitrogens is 2. The first-order valence-electron chi connectivity index (χ1n) is 10.6. The number of benzene rings is 2. The first kappa shape index (κ1) is 22.8. The zero-order valence-corrected chi connectivity index (χ0v) is 18.1. The normalized spacial score (nSPS) is 15.5. The molecule has 0 saturated carbocycles. The molecular formula is C23H24F3N5O2. The molecule has 1 aromatic heterocycles. The van der Waals surface area contributed by atoms with Gasteiger partial charge in [-0.3, -0.25) is 14.5 Å². The summed E-state index contributed by atoms with van der Waals surface area (Å²) < 4.78 is 38.5. The zero-order chi connectivity index (χ0) is 23.6. The van der Waals surface area contributed by atoms with Crippen LogP contribution in [0.4, 0.5) is 18.9 Å². The lowest BCUT2D eigenvalue weighted by atomic mass is 10.1. The van der Waals surface area contributed by atoms with E-state index in [1.807, 2.05) is 30.0 Å². The summed E-state index contributed by atoms with van der Waals surface area (Å²) in [6.07, 6.45) is -3.82. The van der Waals surface area contributed by atoms with Crippen molar-refractivity contribution in [3.8, 4) is 0 Å². The molecule has 2 N–H and O–H groups in total. The van der Waals surface area contributed by atoms with Crippen LogP contribution in [0.25, 0.3) is 11.0 Å². The standard InChI is InChI=1S/C23H24F3N5O2/c1-15-4-2-5-16(12-15)21(33)31-9-3-8-30(10-11-31)14-20(32)27-17-6-7-18-19(13-17)29-22(28-18)23(24,25)26/h2,4-7,12-13H,3,8-11,14H2,1H3,(H,27,32)(H,28,29). The molecule has 0 spiro atoms. The van der Waals surface area contributed by atoms with Gasteiger partial charge in [0.25, 0.3) is 5.91 Å². The number of amides is 2. The van der Waals surface area contributed by atoms with Crippen LogP contribution in [0, 0.1) is 6.92 Å². The summed E-state index contributed by atoms with van der Waals surface area (Å²) in [7, 11) is 0. The zero-order valence-electron chi connectivity index (χ0n) is 18.1. The van der Waals surface area contributed by atoms with Gasteiger partial charge in [-0.1, -0.05) is 17.7 Å². The summed E-state index contributed by atoms with van der Waals surface area (Å²) in [6, 6.07) is 11.9. The summed E-state index contributed by atoms with van der Waals surface area (Å²) in [4.78, 5) is 34.9. The lowest BCUT2D eigenvalue weighted by Gasteiger charge is -2.22. The second-order valence-corrected chi connectivity index (χ2v) is 8.15. The Morgan fingerprint density at radius 2 is 1.91 bits per heavy atom. The molecule has 2 heterocycles. The van der Waals surface area contributed by atoms with Crippen LogP contribution >= 0.6 is 0 Å². The number of nitrogens with one attached hydrogen (secondary N) is 2. The molecule has 0 unspecified atom stereocenters. The molecule has 33 heavy (non-hydrogen) atoms. The van der Waals surface area contributed by atoms with Crippen molar-refractivity contribution < 1.29 is 22.8 Å². The highest BCUT2D eigenvalue weighted by Crippen LogP contribution is 2.29. The Labute approximate surface area is 188 Å². The van der Waals surface area contributed by atoms with Crippen LogP contribution in [0.2, 0.25) is 0 Å². The van der Waals surface area contributed by atoms with E-state index in [0.29, 0.717) is 37.4 Å². The first-order valence-corrected chi connectivity index (χ1v) is 10.6. The SMILES string of the molecule is Cc1cccc(C(=O)N2CCCN(CC(=O)Nc3ccc4nc(C(F)(F)F)[nH]c4c3)CC2)c1. The average Bonchev–Trinajstić information content (AvgIpc) is 3.06. The molecule has 174 valence electrons. The van der Waals surface area contributed by atoms with E-state index >= 15 is 0 Å². The number of halogens is 3. The molecule has 1 fully saturated rings. The summed E-state index contributed by atoms with van der Waals surface area (Å²) in [6.45, 7) is 4.42. The largest absolute Gasteiger partial charge is 0.449 e. The minimum atomic E-state index is -4.57. The molecule has 0 bridgehead atoms. The van der Waals surface area contributed by atoms with Crippen LogP contribution < -0.4 is 5.32 Å². The number of H-pyrrole nitrogens is 1. The monoisotopic (exact) mass is 459 g/mol. The molecule has 1 aliphatic rings. The number of hydrogen-bond acceptors (Lipinski definition) is 4. The molecule has 1 aliphatic heterocycles. The number of carbonyl (C=O) groups is 2. The molecule has 0 atom stereocenters. The van der Waals surface area contributed by atoms with E-state index in [-0.39, 0.29) is 29.4 Å². The van der Waals surface area contributed by atoms with Gasteiger partial charge in [-0.15, -0.1) is 0 Å². The van der Waals surface area contributed by atoms with Crippen molar-refractivity contribution in [3.05, 3.63) is 59.4 Å². The van der Waals surface area contributed by atoms with Crippen LogP contribution in [0.1, 0.15) is 28.2 Å². The van der Waals surface area contributed by atoms with Gasteiger partial charge in [0.15, 0.2) is 0 Å². The second kappa shape index (κ2) is 9.22. The van der Waals surface area contributed by atoms with E-state index in [1.165, 1.54) is 18.2 Å². The van der Waals surface area contributed by atoms with Crippen molar-refractivity contribution >= 4 is 28.5 Å². The number of anilines is 1. The van der Waals surface area contributed by atoms with Gasteiger partial charge < -0.3 is 15.2 Å². The smallest absolute Gasteiger partial charge is 0.337 e. The molecule has 7 nitrogen and oxygen atoms in total. The molecule has 2 amide bonds. The Bertz CT molecular complexity index is 1170. The molecular weight excluding hydrogens is 435 g/mol. The highest BCUT2D eigenvalue weighted by atomic mass is 19.4. The summed E-state index contributed by atoms with van der Waals surface area (Å²) >= 11 is 0.